The van der Waals surface area contributed by atoms with Gasteiger partial charge in [-0.25, -0.2) is 9.18 Å². The van der Waals surface area contributed by atoms with Crippen molar-refractivity contribution in [2.75, 3.05) is 13.1 Å². The SMILES string of the molecule is CC.Cc1nn(C2CCCN(C(=O)OC(C)(C)C)C2)c2c(F)cncc12. The Labute approximate surface area is 154 Å². The quantitative estimate of drug-likeness (QED) is 0.749. The van der Waals surface area contributed by atoms with Crippen molar-refractivity contribution in [3.8, 4) is 0 Å². The Morgan fingerprint density at radius 2 is 2.00 bits per heavy atom. The summed E-state index contributed by atoms with van der Waals surface area (Å²) >= 11 is 0. The summed E-state index contributed by atoms with van der Waals surface area (Å²) in [6.07, 6.45) is 4.18. The van der Waals surface area contributed by atoms with Gasteiger partial charge in [-0.05, 0) is 40.5 Å². The van der Waals surface area contributed by atoms with Gasteiger partial charge in [0.05, 0.1) is 17.9 Å². The van der Waals surface area contributed by atoms with E-state index in [1.807, 2.05) is 41.5 Å². The third kappa shape index (κ3) is 4.31. The Bertz CT molecular complexity index is 767. The first-order valence-corrected chi connectivity index (χ1v) is 9.22. The first kappa shape index (κ1) is 20.1. The summed E-state index contributed by atoms with van der Waals surface area (Å²) in [6, 6.07) is -0.0700. The summed E-state index contributed by atoms with van der Waals surface area (Å²) < 4.78 is 21.4. The number of carbonyl (C=O) groups excluding carboxylic acids is 1. The van der Waals surface area contributed by atoms with Gasteiger partial charge in [0, 0.05) is 24.7 Å². The molecule has 1 unspecified atom stereocenters. The molecule has 3 heterocycles. The van der Waals surface area contributed by atoms with Crippen LogP contribution in [0.25, 0.3) is 10.9 Å². The summed E-state index contributed by atoms with van der Waals surface area (Å²) in [5.41, 5.74) is 0.668. The number of fused-ring (bicyclic) bond motifs is 1. The molecular formula is C19H29FN4O2. The molecule has 1 saturated heterocycles. The smallest absolute Gasteiger partial charge is 0.410 e. The van der Waals surface area contributed by atoms with Gasteiger partial charge < -0.3 is 9.64 Å². The number of hydrogen-bond acceptors (Lipinski definition) is 4. The molecule has 26 heavy (non-hydrogen) atoms. The summed E-state index contributed by atoms with van der Waals surface area (Å²) in [7, 11) is 0. The van der Waals surface area contributed by atoms with Gasteiger partial charge in [0.25, 0.3) is 0 Å². The van der Waals surface area contributed by atoms with E-state index in [4.69, 9.17) is 4.74 Å². The second-order valence-corrected chi connectivity index (χ2v) is 7.27. The fourth-order valence-corrected chi connectivity index (χ4v) is 3.10. The van der Waals surface area contributed by atoms with Gasteiger partial charge in [-0.1, -0.05) is 13.8 Å². The molecule has 1 aliphatic heterocycles. The maximum atomic E-state index is 14.3. The van der Waals surface area contributed by atoms with Crippen molar-refractivity contribution in [3.05, 3.63) is 23.9 Å². The number of aryl methyl sites for hydroxylation is 1. The highest BCUT2D eigenvalue weighted by Gasteiger charge is 2.30. The molecule has 0 aliphatic carbocycles. The molecule has 6 nitrogen and oxygen atoms in total. The van der Waals surface area contributed by atoms with E-state index in [1.165, 1.54) is 6.20 Å². The molecule has 7 heteroatoms. The number of hydrogen-bond donors (Lipinski definition) is 0. The van der Waals surface area contributed by atoms with Crippen molar-refractivity contribution in [3.63, 3.8) is 0 Å². The second kappa shape index (κ2) is 8.01. The molecular weight excluding hydrogens is 335 g/mol. The van der Waals surface area contributed by atoms with Crippen LogP contribution in [0.2, 0.25) is 0 Å². The first-order chi connectivity index (χ1) is 12.3. The van der Waals surface area contributed by atoms with Crippen molar-refractivity contribution in [1.82, 2.24) is 19.7 Å². The van der Waals surface area contributed by atoms with Crippen LogP contribution in [0, 0.1) is 12.7 Å². The van der Waals surface area contributed by atoms with Gasteiger partial charge in [0.2, 0.25) is 0 Å². The average Bonchev–Trinajstić information content (AvgIpc) is 2.94. The fraction of sp³-hybridized carbons (Fsp3) is 0.632. The second-order valence-electron chi connectivity index (χ2n) is 7.27. The van der Waals surface area contributed by atoms with Crippen LogP contribution in [-0.4, -0.2) is 44.4 Å². The van der Waals surface area contributed by atoms with Crippen molar-refractivity contribution in [2.45, 2.75) is 66.0 Å². The van der Waals surface area contributed by atoms with Crippen LogP contribution in [0.4, 0.5) is 9.18 Å². The normalized spacial score (nSPS) is 17.7. The van der Waals surface area contributed by atoms with Gasteiger partial charge >= 0.3 is 6.09 Å². The first-order valence-electron chi connectivity index (χ1n) is 9.22. The van der Waals surface area contributed by atoms with Crippen LogP contribution in [-0.2, 0) is 4.74 Å². The molecule has 1 atom stereocenters. The molecule has 0 aromatic carbocycles. The van der Waals surface area contributed by atoms with E-state index >= 15 is 0 Å². The van der Waals surface area contributed by atoms with E-state index < -0.39 is 5.60 Å². The third-order valence-corrected chi connectivity index (χ3v) is 4.14. The number of pyridine rings is 1. The lowest BCUT2D eigenvalue weighted by Crippen LogP contribution is -2.43. The molecule has 0 saturated carbocycles. The van der Waals surface area contributed by atoms with Crippen LogP contribution < -0.4 is 0 Å². The number of halogens is 1. The Hall–Kier alpha value is -2.18. The van der Waals surface area contributed by atoms with Gasteiger partial charge in [-0.15, -0.1) is 0 Å². The minimum Gasteiger partial charge on any atom is -0.444 e. The standard InChI is InChI=1S/C17H23FN4O2.C2H6/c1-11-13-8-19-9-14(18)15(13)22(20-11)12-6-5-7-21(10-12)16(23)24-17(2,3)4;1-2/h8-9,12H,5-7,10H2,1-4H3;1-2H3. The number of carbonyl (C=O) groups is 1. The molecule has 0 radical (unpaired) electrons. The molecule has 0 spiro atoms. The molecule has 144 valence electrons. The number of aromatic nitrogens is 3. The predicted molar refractivity (Wildman–Crippen MR) is 99.6 cm³/mol. The largest absolute Gasteiger partial charge is 0.444 e. The van der Waals surface area contributed by atoms with E-state index in [-0.39, 0.29) is 18.0 Å². The van der Waals surface area contributed by atoms with Crippen LogP contribution in [0.1, 0.15) is 59.2 Å². The Kier molecular flexibility index (Phi) is 6.21. The molecule has 2 aromatic heterocycles. The lowest BCUT2D eigenvalue weighted by Gasteiger charge is -2.34. The molecule has 3 rings (SSSR count). The van der Waals surface area contributed by atoms with Crippen molar-refractivity contribution < 1.29 is 13.9 Å². The number of rotatable bonds is 1. The highest BCUT2D eigenvalue weighted by molar-refractivity contribution is 5.81. The predicted octanol–water partition coefficient (Wildman–Crippen LogP) is 4.48. The number of nitrogens with zero attached hydrogens (tertiary/aromatic N) is 4. The summed E-state index contributed by atoms with van der Waals surface area (Å²) in [5, 5.41) is 5.21. The van der Waals surface area contributed by atoms with Crippen molar-refractivity contribution in [1.29, 1.82) is 0 Å². The van der Waals surface area contributed by atoms with Crippen molar-refractivity contribution in [2.24, 2.45) is 0 Å². The average molecular weight is 364 g/mol. The lowest BCUT2D eigenvalue weighted by molar-refractivity contribution is 0.0169. The van der Waals surface area contributed by atoms with E-state index in [0.29, 0.717) is 24.0 Å². The molecule has 2 aromatic rings. The Morgan fingerprint density at radius 1 is 1.31 bits per heavy atom. The van der Waals surface area contributed by atoms with E-state index in [9.17, 15) is 9.18 Å². The molecule has 0 N–H and O–H groups in total. The third-order valence-electron chi connectivity index (χ3n) is 4.14. The van der Waals surface area contributed by atoms with E-state index in [2.05, 4.69) is 10.1 Å². The zero-order chi connectivity index (χ0) is 19.5. The number of likely N-dealkylation sites (tertiary alicyclic amines) is 1. The highest BCUT2D eigenvalue weighted by atomic mass is 19.1. The number of piperidine rings is 1. The van der Waals surface area contributed by atoms with Gasteiger partial charge in [0.1, 0.15) is 11.1 Å². The minimum absolute atomic E-state index is 0.0700. The van der Waals surface area contributed by atoms with E-state index in [0.717, 1.165) is 18.5 Å². The molecule has 1 fully saturated rings. The van der Waals surface area contributed by atoms with Gasteiger partial charge in [0.15, 0.2) is 5.82 Å². The summed E-state index contributed by atoms with van der Waals surface area (Å²) in [4.78, 5) is 17.9. The van der Waals surface area contributed by atoms with Crippen LogP contribution >= 0.6 is 0 Å². The van der Waals surface area contributed by atoms with Gasteiger partial charge in [-0.3, -0.25) is 9.67 Å². The Balaban J connectivity index is 0.00000117. The minimum atomic E-state index is -0.531. The fourth-order valence-electron chi connectivity index (χ4n) is 3.10. The topological polar surface area (TPSA) is 60.2 Å². The van der Waals surface area contributed by atoms with E-state index in [1.54, 1.807) is 15.8 Å². The molecule has 0 bridgehead atoms. The summed E-state index contributed by atoms with van der Waals surface area (Å²) in [6.45, 7) is 12.5. The molecule has 1 amide bonds. The van der Waals surface area contributed by atoms with Crippen LogP contribution in [0.5, 0.6) is 0 Å². The van der Waals surface area contributed by atoms with Crippen LogP contribution in [0.3, 0.4) is 0 Å². The zero-order valence-corrected chi connectivity index (χ0v) is 16.5. The maximum absolute atomic E-state index is 14.3. The summed E-state index contributed by atoms with van der Waals surface area (Å²) in [5.74, 6) is -0.387. The maximum Gasteiger partial charge on any atom is 0.410 e. The Morgan fingerprint density at radius 3 is 2.65 bits per heavy atom. The van der Waals surface area contributed by atoms with Gasteiger partial charge in [-0.2, -0.15) is 5.10 Å². The number of ether oxygens (including phenoxy) is 1. The zero-order valence-electron chi connectivity index (χ0n) is 16.5. The lowest BCUT2D eigenvalue weighted by atomic mass is 10.1. The van der Waals surface area contributed by atoms with Crippen molar-refractivity contribution >= 4 is 17.0 Å². The monoisotopic (exact) mass is 364 g/mol. The molecule has 1 aliphatic rings. The number of amides is 1. The highest BCUT2D eigenvalue weighted by Crippen LogP contribution is 2.28. The van der Waals surface area contributed by atoms with Crippen LogP contribution in [0.15, 0.2) is 12.4 Å².